The van der Waals surface area contributed by atoms with Crippen LogP contribution in [-0.2, 0) is 38.1 Å². The number of fused-ring (bicyclic) bond motifs is 1. The van der Waals surface area contributed by atoms with Crippen molar-refractivity contribution in [3.05, 3.63) is 22.1 Å². The minimum Gasteiger partial charge on any atom is -0.369 e. The summed E-state index contributed by atoms with van der Waals surface area (Å²) in [5.41, 5.74) is 11.5. The minimum atomic E-state index is -5.61. The van der Waals surface area contributed by atoms with Gasteiger partial charge in [-0.25, -0.2) is 13.7 Å². The number of nitrogens with zero attached hydrogens (tertiary/aromatic N) is 2. The molecule has 1 saturated heterocycles. The number of aromatic amines is 1. The summed E-state index contributed by atoms with van der Waals surface area (Å²) in [6.07, 6.45) is 0.787. The van der Waals surface area contributed by atoms with E-state index in [0.29, 0.717) is 18.4 Å². The molecule has 3 rings (SSSR count). The highest BCUT2D eigenvalue weighted by molar-refractivity contribution is 7.66. The summed E-state index contributed by atoms with van der Waals surface area (Å²) in [7, 11) is -16.3. The van der Waals surface area contributed by atoms with Gasteiger partial charge in [-0.3, -0.25) is 14.3 Å². The Morgan fingerprint density at radius 1 is 1.19 bits per heavy atom. The van der Waals surface area contributed by atoms with Crippen LogP contribution in [0.5, 0.6) is 0 Å². The Labute approximate surface area is 178 Å². The molecular weight excluding hydrogens is 499 g/mol. The molecule has 1 fully saturated rings. The molecule has 17 nitrogen and oxygen atoms in total. The zero-order valence-corrected chi connectivity index (χ0v) is 18.7. The maximum atomic E-state index is 12.2. The fourth-order valence-electron chi connectivity index (χ4n) is 3.12. The predicted molar refractivity (Wildman–Crippen MR) is 106 cm³/mol. The lowest BCUT2D eigenvalue weighted by atomic mass is 10.2. The number of nitrogen functional groups attached to an aromatic ring is 1. The topological polar surface area (TPSA) is 272 Å². The van der Waals surface area contributed by atoms with Crippen molar-refractivity contribution in [2.45, 2.75) is 31.7 Å². The van der Waals surface area contributed by atoms with Crippen LogP contribution in [0, 0.1) is 0 Å². The molecule has 0 saturated carbocycles. The number of aromatic nitrogens is 3. The third-order valence-corrected chi connectivity index (χ3v) is 8.04. The average Bonchev–Trinajstić information content (AvgIpc) is 3.20. The van der Waals surface area contributed by atoms with Crippen LogP contribution in [0.1, 0.15) is 24.6 Å². The molecular formula is C12H20N5O12P3. The van der Waals surface area contributed by atoms with E-state index < -0.39 is 48.0 Å². The normalized spacial score (nSPS) is 23.3. The second-order valence-corrected chi connectivity index (χ2v) is 11.0. The van der Waals surface area contributed by atoms with Crippen molar-refractivity contribution in [1.82, 2.24) is 14.5 Å². The number of hydrogen-bond acceptors (Lipinski definition) is 11. The van der Waals surface area contributed by atoms with E-state index in [1.807, 2.05) is 0 Å². The second-order valence-electron chi connectivity index (χ2n) is 6.59. The van der Waals surface area contributed by atoms with Crippen molar-refractivity contribution in [2.24, 2.45) is 5.73 Å². The lowest BCUT2D eigenvalue weighted by Gasteiger charge is -2.19. The lowest BCUT2D eigenvalue weighted by molar-refractivity contribution is -0.0203. The van der Waals surface area contributed by atoms with Crippen LogP contribution in [0.15, 0.2) is 11.0 Å². The van der Waals surface area contributed by atoms with Gasteiger partial charge in [0.1, 0.15) is 6.23 Å². The Morgan fingerprint density at radius 3 is 2.50 bits per heavy atom. The molecule has 0 spiro atoms. The molecule has 2 unspecified atom stereocenters. The van der Waals surface area contributed by atoms with E-state index in [9.17, 15) is 23.4 Å². The monoisotopic (exact) mass is 519 g/mol. The van der Waals surface area contributed by atoms with Crippen molar-refractivity contribution in [3.63, 3.8) is 0 Å². The highest BCUT2D eigenvalue weighted by atomic mass is 31.3. The largest absolute Gasteiger partial charge is 0.490 e. The maximum absolute atomic E-state index is 12.2. The second kappa shape index (κ2) is 9.06. The molecule has 9 N–H and O–H groups in total. The van der Waals surface area contributed by atoms with Crippen LogP contribution in [0.4, 0.5) is 5.95 Å². The first-order valence-corrected chi connectivity index (χ1v) is 13.2. The van der Waals surface area contributed by atoms with Gasteiger partial charge in [0.25, 0.3) is 5.56 Å². The molecule has 0 bridgehead atoms. The number of phosphoric acid groups is 3. The number of H-pyrrole nitrogens is 1. The SMILES string of the molecule is NCc1cn([C@H]2CC[C@@H](COP(=O)(O)OP(=O)(O)OP(=O)(O)O)O2)c2nc(N)[nH]c(=O)c12. The smallest absolute Gasteiger partial charge is 0.369 e. The molecule has 32 heavy (non-hydrogen) atoms. The average molecular weight is 519 g/mol. The van der Waals surface area contributed by atoms with Crippen LogP contribution in [0.25, 0.3) is 11.0 Å². The van der Waals surface area contributed by atoms with E-state index in [1.165, 1.54) is 4.57 Å². The van der Waals surface area contributed by atoms with Gasteiger partial charge in [-0.2, -0.15) is 13.6 Å². The van der Waals surface area contributed by atoms with Gasteiger partial charge in [-0.15, -0.1) is 0 Å². The Morgan fingerprint density at radius 2 is 1.88 bits per heavy atom. The van der Waals surface area contributed by atoms with Crippen molar-refractivity contribution in [3.8, 4) is 0 Å². The Hall–Kier alpha value is -1.45. The molecule has 0 radical (unpaired) electrons. The number of anilines is 1. The van der Waals surface area contributed by atoms with Crippen LogP contribution in [-0.4, -0.2) is 46.8 Å². The third kappa shape index (κ3) is 6.11. The zero-order valence-electron chi connectivity index (χ0n) is 16.0. The van der Waals surface area contributed by atoms with Crippen molar-refractivity contribution in [1.29, 1.82) is 0 Å². The number of hydrogen-bond donors (Lipinski definition) is 7. The van der Waals surface area contributed by atoms with Crippen molar-refractivity contribution >= 4 is 40.4 Å². The summed E-state index contributed by atoms with van der Waals surface area (Å²) < 4.78 is 52.9. The van der Waals surface area contributed by atoms with Crippen LogP contribution in [0.2, 0.25) is 0 Å². The lowest BCUT2D eigenvalue weighted by Crippen LogP contribution is -2.17. The summed E-state index contributed by atoms with van der Waals surface area (Å²) in [4.78, 5) is 54.4. The number of nitrogens with one attached hydrogen (secondary N) is 1. The van der Waals surface area contributed by atoms with Gasteiger partial charge in [0, 0.05) is 12.7 Å². The first-order chi connectivity index (χ1) is 14.7. The van der Waals surface area contributed by atoms with E-state index in [4.69, 9.17) is 30.9 Å². The zero-order chi connectivity index (χ0) is 23.9. The summed E-state index contributed by atoms with van der Waals surface area (Å²) >= 11 is 0. The highest BCUT2D eigenvalue weighted by Gasteiger charge is 2.41. The summed E-state index contributed by atoms with van der Waals surface area (Å²) in [5.74, 6) is -0.118. The van der Waals surface area contributed by atoms with Crippen molar-refractivity contribution < 1.29 is 51.2 Å². The van der Waals surface area contributed by atoms with E-state index >= 15 is 0 Å². The Balaban J connectivity index is 1.68. The molecule has 0 aliphatic carbocycles. The molecule has 3 heterocycles. The number of nitrogens with two attached hydrogens (primary N) is 2. The van der Waals surface area contributed by atoms with E-state index in [0.717, 1.165) is 0 Å². The predicted octanol–water partition coefficient (Wildman–Crippen LogP) is -0.214. The van der Waals surface area contributed by atoms with E-state index in [1.54, 1.807) is 6.20 Å². The van der Waals surface area contributed by atoms with Gasteiger partial charge in [0.15, 0.2) is 5.65 Å². The van der Waals surface area contributed by atoms with Crippen LogP contribution < -0.4 is 17.0 Å². The fourth-order valence-corrected chi connectivity index (χ4v) is 6.17. The van der Waals surface area contributed by atoms with Gasteiger partial charge >= 0.3 is 23.5 Å². The van der Waals surface area contributed by atoms with E-state index in [2.05, 4.69) is 23.1 Å². The number of rotatable bonds is 9. The van der Waals surface area contributed by atoms with Gasteiger partial charge < -0.3 is 40.3 Å². The molecule has 2 aromatic heterocycles. The molecule has 0 amide bonds. The highest BCUT2D eigenvalue weighted by Crippen LogP contribution is 2.66. The molecule has 20 heteroatoms. The number of ether oxygens (including phenoxy) is 1. The van der Waals surface area contributed by atoms with Crippen LogP contribution in [0.3, 0.4) is 0 Å². The minimum absolute atomic E-state index is 0.0420. The first kappa shape index (κ1) is 25.2. The summed E-state index contributed by atoms with van der Waals surface area (Å²) in [5, 5.41) is 0.238. The molecule has 2 aromatic rings. The number of phosphoric ester groups is 1. The van der Waals surface area contributed by atoms with Gasteiger partial charge in [-0.05, 0) is 18.4 Å². The van der Waals surface area contributed by atoms with Crippen molar-refractivity contribution in [2.75, 3.05) is 12.3 Å². The molecule has 1 aliphatic heterocycles. The molecule has 180 valence electrons. The first-order valence-electron chi connectivity index (χ1n) is 8.73. The van der Waals surface area contributed by atoms with Gasteiger partial charge in [-0.1, -0.05) is 0 Å². The fraction of sp³-hybridized carbons (Fsp3) is 0.500. The summed E-state index contributed by atoms with van der Waals surface area (Å²) in [6.45, 7) is -0.542. The Bertz CT molecular complexity index is 1210. The third-order valence-electron chi connectivity index (χ3n) is 4.23. The molecule has 0 aromatic carbocycles. The Kier molecular flexibility index (Phi) is 7.13. The summed E-state index contributed by atoms with van der Waals surface area (Å²) in [6, 6.07) is 0. The molecule has 4 atom stereocenters. The van der Waals surface area contributed by atoms with Gasteiger partial charge in [0.2, 0.25) is 5.95 Å². The molecule has 1 aliphatic rings. The quantitative estimate of drug-likeness (QED) is 0.211. The standard InChI is InChI=1S/C12H20N5O12P3/c13-3-6-4-17(10-9(6)11(18)16-12(14)15-10)8-2-1-7(27-8)5-26-31(22,23)29-32(24,25)28-30(19,20)21/h4,7-8H,1-3,5,13H2,(H,22,23)(H,24,25)(H2,19,20,21)(H3,14,15,16,18)/t7-,8+/m0/s1. The van der Waals surface area contributed by atoms with Crippen LogP contribution >= 0.6 is 23.5 Å². The maximum Gasteiger partial charge on any atom is 0.490 e. The van der Waals surface area contributed by atoms with Gasteiger partial charge in [0.05, 0.1) is 18.1 Å². The van der Waals surface area contributed by atoms with E-state index in [-0.39, 0.29) is 23.5 Å².